The summed E-state index contributed by atoms with van der Waals surface area (Å²) < 4.78 is 43.5. The van der Waals surface area contributed by atoms with E-state index in [0.717, 1.165) is 17.4 Å². The number of rotatable bonds is 8. The first-order chi connectivity index (χ1) is 15.1. The second-order valence-electron chi connectivity index (χ2n) is 6.49. The monoisotopic (exact) mass is 484 g/mol. The molecule has 0 saturated heterocycles. The van der Waals surface area contributed by atoms with Gasteiger partial charge in [-0.05, 0) is 49.4 Å². The van der Waals surface area contributed by atoms with E-state index >= 15 is 0 Å². The highest BCUT2D eigenvalue weighted by atomic mass is 35.5. The van der Waals surface area contributed by atoms with Gasteiger partial charge in [0.15, 0.2) is 5.13 Å². The Labute approximate surface area is 189 Å². The molecule has 1 amide bonds. The molecule has 0 spiro atoms. The number of nitrogens with two attached hydrogens (primary N) is 2. The zero-order chi connectivity index (χ0) is 23.6. The molecular weight excluding hydrogens is 469 g/mol. The number of benzene rings is 2. The number of nitrogen functional groups attached to an aromatic ring is 1. The van der Waals surface area contributed by atoms with Crippen LogP contribution < -0.4 is 21.1 Å². The van der Waals surface area contributed by atoms with E-state index in [1.807, 2.05) is 0 Å². The molecule has 7 nitrogen and oxygen atoms in total. The lowest BCUT2D eigenvalue weighted by atomic mass is 10.1. The van der Waals surface area contributed by atoms with E-state index in [1.165, 1.54) is 48.2 Å². The number of carbonyl (C=O) groups is 2. The number of primary amides is 1. The van der Waals surface area contributed by atoms with Crippen LogP contribution in [0.3, 0.4) is 0 Å². The molecule has 0 bridgehead atoms. The predicted molar refractivity (Wildman–Crippen MR) is 115 cm³/mol. The zero-order valence-electron chi connectivity index (χ0n) is 16.4. The average Bonchev–Trinajstić information content (AvgIpc) is 3.10. The summed E-state index contributed by atoms with van der Waals surface area (Å²) >= 11 is 6.63. The van der Waals surface area contributed by atoms with Crippen molar-refractivity contribution >= 4 is 51.3 Å². The number of aromatic nitrogens is 1. The van der Waals surface area contributed by atoms with Crippen LogP contribution >= 0.6 is 22.9 Å². The van der Waals surface area contributed by atoms with Crippen LogP contribution in [-0.4, -0.2) is 29.3 Å². The highest BCUT2D eigenvalue weighted by Gasteiger charge is 2.29. The van der Waals surface area contributed by atoms with Gasteiger partial charge in [-0.1, -0.05) is 22.9 Å². The van der Waals surface area contributed by atoms with Crippen molar-refractivity contribution < 1.29 is 27.5 Å². The summed E-state index contributed by atoms with van der Waals surface area (Å²) in [6.07, 6.45) is 0. The molecule has 3 aromatic rings. The molecule has 0 aliphatic heterocycles. The third-order valence-corrected chi connectivity index (χ3v) is 5.67. The van der Waals surface area contributed by atoms with Gasteiger partial charge in [-0.3, -0.25) is 9.59 Å². The van der Waals surface area contributed by atoms with Crippen LogP contribution in [0.5, 0.6) is 5.75 Å². The van der Waals surface area contributed by atoms with Crippen molar-refractivity contribution in [3.8, 4) is 5.75 Å². The molecule has 32 heavy (non-hydrogen) atoms. The molecule has 1 aromatic heterocycles. The van der Waals surface area contributed by atoms with Gasteiger partial charge in [0.2, 0.25) is 11.7 Å². The number of ketones is 1. The number of anilines is 3. The van der Waals surface area contributed by atoms with E-state index in [2.05, 4.69) is 9.72 Å². The summed E-state index contributed by atoms with van der Waals surface area (Å²) in [6.45, 7) is -1.56. The van der Waals surface area contributed by atoms with E-state index in [0.29, 0.717) is 0 Å². The van der Waals surface area contributed by atoms with Gasteiger partial charge in [-0.2, -0.15) is 8.78 Å². The molecule has 168 valence electrons. The number of alkyl halides is 2. The normalized spacial score (nSPS) is 11.9. The predicted octanol–water partition coefficient (Wildman–Crippen LogP) is 4.36. The molecule has 0 aliphatic rings. The van der Waals surface area contributed by atoms with E-state index in [4.69, 9.17) is 23.1 Å². The van der Waals surface area contributed by atoms with Crippen molar-refractivity contribution in [1.82, 2.24) is 4.98 Å². The molecule has 0 fully saturated rings. The molecule has 1 atom stereocenters. The molecule has 0 radical (unpaired) electrons. The summed E-state index contributed by atoms with van der Waals surface area (Å²) in [5.41, 5.74) is 11.4. The van der Waals surface area contributed by atoms with Crippen LogP contribution in [0, 0.1) is 5.82 Å². The molecule has 0 unspecified atom stereocenters. The minimum Gasteiger partial charge on any atom is -0.435 e. The maximum atomic E-state index is 14.6. The molecule has 2 aromatic carbocycles. The topological polar surface area (TPSA) is 112 Å². The lowest BCUT2D eigenvalue weighted by molar-refractivity contribution is -0.118. The van der Waals surface area contributed by atoms with Gasteiger partial charge < -0.3 is 21.1 Å². The Kier molecular flexibility index (Phi) is 6.90. The third-order valence-electron chi connectivity index (χ3n) is 4.36. The minimum atomic E-state index is -3.00. The summed E-state index contributed by atoms with van der Waals surface area (Å²) in [5.74, 6) is -2.32. The first kappa shape index (κ1) is 23.4. The van der Waals surface area contributed by atoms with Crippen molar-refractivity contribution in [3.05, 3.63) is 63.7 Å². The van der Waals surface area contributed by atoms with Crippen molar-refractivity contribution in [2.75, 3.05) is 10.6 Å². The van der Waals surface area contributed by atoms with Gasteiger partial charge in [0.05, 0.1) is 5.69 Å². The SMILES string of the molecule is C[C@@H](C(N)=O)N(c1nc(N)c(C(=O)c2ccc(OC(F)F)cc2)s1)c1ccc(Cl)cc1F. The number of amides is 1. The highest BCUT2D eigenvalue weighted by Crippen LogP contribution is 2.37. The maximum absolute atomic E-state index is 14.6. The molecule has 1 heterocycles. The maximum Gasteiger partial charge on any atom is 0.387 e. The number of nitrogens with zero attached hydrogens (tertiary/aromatic N) is 2. The highest BCUT2D eigenvalue weighted by molar-refractivity contribution is 7.18. The largest absolute Gasteiger partial charge is 0.435 e. The molecule has 3 rings (SSSR count). The number of hydrogen-bond acceptors (Lipinski definition) is 7. The van der Waals surface area contributed by atoms with Crippen LogP contribution in [0.2, 0.25) is 5.02 Å². The average molecular weight is 485 g/mol. The molecule has 12 heteroatoms. The zero-order valence-corrected chi connectivity index (χ0v) is 18.0. The first-order valence-corrected chi connectivity index (χ1v) is 10.2. The number of halogens is 4. The Hall–Kier alpha value is -3.31. The summed E-state index contributed by atoms with van der Waals surface area (Å²) in [7, 11) is 0. The summed E-state index contributed by atoms with van der Waals surface area (Å²) in [5, 5.41) is 0.197. The smallest absolute Gasteiger partial charge is 0.387 e. The number of ether oxygens (including phenoxy) is 1. The summed E-state index contributed by atoms with van der Waals surface area (Å²) in [4.78, 5) is 30.1. The Balaban J connectivity index is 1.99. The second-order valence-corrected chi connectivity index (χ2v) is 7.90. The molecule has 4 N–H and O–H groups in total. The molecular formula is C20H16ClF3N4O3S. The fraction of sp³-hybridized carbons (Fsp3) is 0.150. The number of hydrogen-bond donors (Lipinski definition) is 2. The van der Waals surface area contributed by atoms with Gasteiger partial charge in [-0.25, -0.2) is 9.37 Å². The van der Waals surface area contributed by atoms with Crippen molar-refractivity contribution in [3.63, 3.8) is 0 Å². The lowest BCUT2D eigenvalue weighted by Crippen LogP contribution is -2.40. The van der Waals surface area contributed by atoms with Crippen LogP contribution in [0.25, 0.3) is 0 Å². The van der Waals surface area contributed by atoms with Crippen LogP contribution in [0.4, 0.5) is 29.8 Å². The van der Waals surface area contributed by atoms with E-state index < -0.39 is 30.2 Å². The fourth-order valence-corrected chi connectivity index (χ4v) is 3.99. The van der Waals surface area contributed by atoms with E-state index in [9.17, 15) is 22.8 Å². The Morgan fingerprint density at radius 1 is 1.19 bits per heavy atom. The van der Waals surface area contributed by atoms with Gasteiger partial charge in [0.1, 0.15) is 28.3 Å². The van der Waals surface area contributed by atoms with Gasteiger partial charge in [0, 0.05) is 10.6 Å². The standard InChI is InChI=1S/C20H16ClF3N4O3S/c1-9(18(26)30)28(14-7-4-11(21)8-13(14)22)20-27-17(25)16(32-20)15(29)10-2-5-12(6-3-10)31-19(23)24/h2-9,19H,25H2,1H3,(H2,26,30)/t9-/m0/s1. The van der Waals surface area contributed by atoms with Gasteiger partial charge >= 0.3 is 6.61 Å². The third kappa shape index (κ3) is 4.94. The van der Waals surface area contributed by atoms with Crippen LogP contribution in [-0.2, 0) is 4.79 Å². The fourth-order valence-electron chi connectivity index (χ4n) is 2.79. The molecule has 0 saturated carbocycles. The number of thiazole rings is 1. The van der Waals surface area contributed by atoms with E-state index in [-0.39, 0.29) is 37.8 Å². The minimum absolute atomic E-state index is 0.0126. The van der Waals surface area contributed by atoms with Gasteiger partial charge in [-0.15, -0.1) is 0 Å². The van der Waals surface area contributed by atoms with Gasteiger partial charge in [0.25, 0.3) is 0 Å². The number of carbonyl (C=O) groups excluding carboxylic acids is 2. The lowest BCUT2D eigenvalue weighted by Gasteiger charge is -2.27. The van der Waals surface area contributed by atoms with Crippen molar-refractivity contribution in [2.24, 2.45) is 5.73 Å². The van der Waals surface area contributed by atoms with Crippen molar-refractivity contribution in [1.29, 1.82) is 0 Å². The van der Waals surface area contributed by atoms with Crippen LogP contribution in [0.15, 0.2) is 42.5 Å². The molecule has 0 aliphatic carbocycles. The second kappa shape index (κ2) is 9.45. The Morgan fingerprint density at radius 2 is 1.84 bits per heavy atom. The first-order valence-electron chi connectivity index (χ1n) is 8.98. The quantitative estimate of drug-likeness (QED) is 0.459. The van der Waals surface area contributed by atoms with E-state index in [1.54, 1.807) is 0 Å². The summed E-state index contributed by atoms with van der Waals surface area (Å²) in [6, 6.07) is 7.80. The Morgan fingerprint density at radius 3 is 2.41 bits per heavy atom. The Bertz CT molecular complexity index is 1160. The van der Waals surface area contributed by atoms with Crippen molar-refractivity contribution in [2.45, 2.75) is 19.6 Å². The van der Waals surface area contributed by atoms with Crippen LogP contribution in [0.1, 0.15) is 22.2 Å².